The maximum absolute atomic E-state index is 13.6. The van der Waals surface area contributed by atoms with Crippen molar-refractivity contribution in [3.8, 4) is 11.5 Å². The Hall–Kier alpha value is -3.25. The molecule has 0 fully saturated rings. The molecular formula is C23H18ClF2N3O. The Morgan fingerprint density at radius 2 is 1.73 bits per heavy atom. The Bertz CT molecular complexity index is 1210. The molecule has 0 bridgehead atoms. The number of aryl methyl sites for hydroxylation is 2. The van der Waals surface area contributed by atoms with Crippen molar-refractivity contribution in [2.24, 2.45) is 0 Å². The van der Waals surface area contributed by atoms with Crippen LogP contribution >= 0.6 is 11.6 Å². The molecule has 3 aromatic carbocycles. The summed E-state index contributed by atoms with van der Waals surface area (Å²) in [5.41, 5.74) is 3.97. The van der Waals surface area contributed by atoms with Gasteiger partial charge in [-0.2, -0.15) is 0 Å². The van der Waals surface area contributed by atoms with Gasteiger partial charge in [-0.3, -0.25) is 0 Å². The first-order chi connectivity index (χ1) is 14.4. The third-order valence-electron chi connectivity index (χ3n) is 4.73. The molecule has 0 aliphatic heterocycles. The van der Waals surface area contributed by atoms with Crippen LogP contribution in [0.5, 0.6) is 0 Å². The molecule has 0 saturated carbocycles. The van der Waals surface area contributed by atoms with Crippen LogP contribution in [-0.2, 0) is 0 Å². The molecule has 0 radical (unpaired) electrons. The summed E-state index contributed by atoms with van der Waals surface area (Å²) in [6, 6.07) is 15.4. The first-order valence-corrected chi connectivity index (χ1v) is 9.66. The molecule has 1 aromatic heterocycles. The molecule has 0 unspecified atom stereocenters. The standard InChI is InChI=1S/C23H18ClF2N3O/c1-13-6-7-14(2)20(10-13)27-21(18-9-8-17(26)12-19(18)24)23-29-28-22(30-23)15-4-3-5-16(25)11-15/h3-12,21,27H,1-2H3/t21-/m0/s1. The Morgan fingerprint density at radius 1 is 0.933 bits per heavy atom. The van der Waals surface area contributed by atoms with E-state index >= 15 is 0 Å². The zero-order valence-corrected chi connectivity index (χ0v) is 17.0. The fourth-order valence-corrected chi connectivity index (χ4v) is 3.42. The van der Waals surface area contributed by atoms with Crippen molar-refractivity contribution in [2.75, 3.05) is 5.32 Å². The summed E-state index contributed by atoms with van der Waals surface area (Å²) in [6.07, 6.45) is 0. The second kappa shape index (κ2) is 8.24. The van der Waals surface area contributed by atoms with E-state index in [1.54, 1.807) is 18.2 Å². The van der Waals surface area contributed by atoms with Crippen molar-refractivity contribution >= 4 is 17.3 Å². The van der Waals surface area contributed by atoms with Crippen LogP contribution in [0.1, 0.15) is 28.6 Å². The minimum absolute atomic E-state index is 0.176. The van der Waals surface area contributed by atoms with Gasteiger partial charge in [0.25, 0.3) is 0 Å². The number of nitrogens with zero attached hydrogens (tertiary/aromatic N) is 2. The maximum Gasteiger partial charge on any atom is 0.247 e. The fourth-order valence-electron chi connectivity index (χ4n) is 3.14. The smallest absolute Gasteiger partial charge is 0.247 e. The van der Waals surface area contributed by atoms with Crippen molar-refractivity contribution in [1.82, 2.24) is 10.2 Å². The number of hydrogen-bond acceptors (Lipinski definition) is 4. The van der Waals surface area contributed by atoms with E-state index in [1.807, 2.05) is 32.0 Å². The SMILES string of the molecule is Cc1ccc(C)c(N[C@H](c2nnc(-c3cccc(F)c3)o2)c2ccc(F)cc2Cl)c1. The van der Waals surface area contributed by atoms with Gasteiger partial charge in [-0.1, -0.05) is 35.9 Å². The largest absolute Gasteiger partial charge is 0.418 e. The number of aromatic nitrogens is 2. The number of anilines is 1. The average Bonchev–Trinajstić information content (AvgIpc) is 3.19. The van der Waals surface area contributed by atoms with Crippen LogP contribution < -0.4 is 5.32 Å². The molecule has 1 heterocycles. The highest BCUT2D eigenvalue weighted by Gasteiger charge is 2.25. The average molecular weight is 426 g/mol. The van der Waals surface area contributed by atoms with E-state index in [-0.39, 0.29) is 16.8 Å². The van der Waals surface area contributed by atoms with Crippen molar-refractivity contribution in [3.05, 3.63) is 99.9 Å². The number of nitrogens with one attached hydrogen (secondary N) is 1. The molecule has 1 atom stereocenters. The van der Waals surface area contributed by atoms with Crippen LogP contribution in [0.3, 0.4) is 0 Å². The molecule has 0 spiro atoms. The zero-order valence-electron chi connectivity index (χ0n) is 16.3. The van der Waals surface area contributed by atoms with E-state index in [0.717, 1.165) is 16.8 Å². The highest BCUT2D eigenvalue weighted by atomic mass is 35.5. The Balaban J connectivity index is 1.78. The lowest BCUT2D eigenvalue weighted by Gasteiger charge is -2.20. The van der Waals surface area contributed by atoms with Crippen molar-refractivity contribution < 1.29 is 13.2 Å². The Kier molecular flexibility index (Phi) is 5.50. The first kappa shape index (κ1) is 20.0. The molecule has 0 aliphatic rings. The van der Waals surface area contributed by atoms with E-state index in [0.29, 0.717) is 11.1 Å². The second-order valence-corrected chi connectivity index (χ2v) is 7.42. The predicted octanol–water partition coefficient (Wildman–Crippen LogP) is 6.49. The molecule has 4 nitrogen and oxygen atoms in total. The van der Waals surface area contributed by atoms with Gasteiger partial charge in [0, 0.05) is 21.8 Å². The molecule has 152 valence electrons. The molecular weight excluding hydrogens is 408 g/mol. The van der Waals surface area contributed by atoms with E-state index in [9.17, 15) is 8.78 Å². The van der Waals surface area contributed by atoms with Gasteiger partial charge in [0.1, 0.15) is 17.7 Å². The summed E-state index contributed by atoms with van der Waals surface area (Å²) in [5, 5.41) is 11.8. The monoisotopic (exact) mass is 425 g/mol. The van der Waals surface area contributed by atoms with E-state index < -0.39 is 17.7 Å². The topological polar surface area (TPSA) is 51.0 Å². The van der Waals surface area contributed by atoms with Crippen molar-refractivity contribution in [3.63, 3.8) is 0 Å². The predicted molar refractivity (Wildman–Crippen MR) is 112 cm³/mol. The molecule has 0 amide bonds. The minimum atomic E-state index is -0.631. The minimum Gasteiger partial charge on any atom is -0.418 e. The molecule has 7 heteroatoms. The van der Waals surface area contributed by atoms with Gasteiger partial charge in [0.05, 0.1) is 0 Å². The van der Waals surface area contributed by atoms with Gasteiger partial charge in [-0.15, -0.1) is 10.2 Å². The van der Waals surface area contributed by atoms with Crippen LogP contribution in [0.2, 0.25) is 5.02 Å². The number of halogens is 3. The molecule has 4 rings (SSSR count). The van der Waals surface area contributed by atoms with Crippen LogP contribution in [0.25, 0.3) is 11.5 Å². The Morgan fingerprint density at radius 3 is 2.50 bits per heavy atom. The van der Waals surface area contributed by atoms with Gasteiger partial charge < -0.3 is 9.73 Å². The number of benzene rings is 3. The van der Waals surface area contributed by atoms with Gasteiger partial charge in [-0.25, -0.2) is 8.78 Å². The lowest BCUT2D eigenvalue weighted by Crippen LogP contribution is -2.14. The second-order valence-electron chi connectivity index (χ2n) is 7.02. The molecule has 4 aromatic rings. The van der Waals surface area contributed by atoms with Gasteiger partial charge in [0.15, 0.2) is 0 Å². The Labute approximate surface area is 177 Å². The third-order valence-corrected chi connectivity index (χ3v) is 5.05. The highest BCUT2D eigenvalue weighted by molar-refractivity contribution is 6.31. The molecule has 30 heavy (non-hydrogen) atoms. The third kappa shape index (κ3) is 4.19. The fraction of sp³-hybridized carbons (Fsp3) is 0.130. The quantitative estimate of drug-likeness (QED) is 0.397. The highest BCUT2D eigenvalue weighted by Crippen LogP contribution is 2.34. The summed E-state index contributed by atoms with van der Waals surface area (Å²) in [6.45, 7) is 3.95. The summed E-state index contributed by atoms with van der Waals surface area (Å²) in [4.78, 5) is 0. The van der Waals surface area contributed by atoms with Gasteiger partial charge >= 0.3 is 0 Å². The van der Waals surface area contributed by atoms with Crippen LogP contribution in [0, 0.1) is 25.5 Å². The zero-order chi connectivity index (χ0) is 21.3. The molecule has 0 aliphatic carbocycles. The van der Waals surface area contributed by atoms with Crippen LogP contribution in [0.4, 0.5) is 14.5 Å². The van der Waals surface area contributed by atoms with E-state index in [4.69, 9.17) is 16.0 Å². The van der Waals surface area contributed by atoms with Gasteiger partial charge in [-0.05, 0) is 61.4 Å². The van der Waals surface area contributed by atoms with Crippen LogP contribution in [0.15, 0.2) is 65.1 Å². The van der Waals surface area contributed by atoms with E-state index in [1.165, 1.54) is 24.3 Å². The lowest BCUT2D eigenvalue weighted by atomic mass is 10.0. The van der Waals surface area contributed by atoms with Gasteiger partial charge in [0.2, 0.25) is 11.8 Å². The number of hydrogen-bond donors (Lipinski definition) is 1. The first-order valence-electron chi connectivity index (χ1n) is 9.29. The van der Waals surface area contributed by atoms with Crippen molar-refractivity contribution in [1.29, 1.82) is 0 Å². The summed E-state index contributed by atoms with van der Waals surface area (Å²) < 4.78 is 33.1. The van der Waals surface area contributed by atoms with Crippen LogP contribution in [-0.4, -0.2) is 10.2 Å². The van der Waals surface area contributed by atoms with E-state index in [2.05, 4.69) is 15.5 Å². The summed E-state index contributed by atoms with van der Waals surface area (Å²) in [7, 11) is 0. The molecule has 1 N–H and O–H groups in total. The summed E-state index contributed by atoms with van der Waals surface area (Å²) >= 11 is 6.34. The number of rotatable bonds is 5. The van der Waals surface area contributed by atoms with Crippen molar-refractivity contribution in [2.45, 2.75) is 19.9 Å². The maximum atomic E-state index is 13.6. The molecule has 0 saturated heterocycles. The normalized spacial score (nSPS) is 12.0. The summed E-state index contributed by atoms with van der Waals surface area (Å²) in [5.74, 6) is -0.446. The lowest BCUT2D eigenvalue weighted by molar-refractivity contribution is 0.493.